The molecular formula is C12H10F3N3O6. The fourth-order valence-corrected chi connectivity index (χ4v) is 1.52. The van der Waals surface area contributed by atoms with E-state index in [-0.39, 0.29) is 12.7 Å². The van der Waals surface area contributed by atoms with Gasteiger partial charge in [0.2, 0.25) is 0 Å². The van der Waals surface area contributed by atoms with E-state index in [0.717, 1.165) is 0 Å². The molecule has 0 aliphatic carbocycles. The van der Waals surface area contributed by atoms with Crippen LogP contribution in [0.2, 0.25) is 0 Å². The molecule has 0 aromatic heterocycles. The van der Waals surface area contributed by atoms with Crippen molar-refractivity contribution in [3.8, 4) is 0 Å². The lowest BCUT2D eigenvalue weighted by Gasteiger charge is -2.10. The number of hydrogen-bond acceptors (Lipinski definition) is 7. The van der Waals surface area contributed by atoms with Crippen LogP contribution in [0.25, 0.3) is 0 Å². The van der Waals surface area contributed by atoms with Gasteiger partial charge in [-0.25, -0.2) is 4.79 Å². The normalized spacial score (nSPS) is 11.8. The third-order valence-corrected chi connectivity index (χ3v) is 2.55. The number of carbonyl (C=O) groups excluding carboxylic acids is 2. The largest absolute Gasteiger partial charge is 0.461 e. The van der Waals surface area contributed by atoms with Crippen LogP contribution in [-0.4, -0.2) is 34.3 Å². The number of alkyl halides is 3. The van der Waals surface area contributed by atoms with Crippen LogP contribution in [0, 0.1) is 10.1 Å². The molecule has 9 nitrogen and oxygen atoms in total. The number of nitro groups is 1. The van der Waals surface area contributed by atoms with E-state index in [1.165, 1.54) is 6.92 Å². The van der Waals surface area contributed by atoms with Crippen molar-refractivity contribution in [2.75, 3.05) is 11.9 Å². The Hall–Kier alpha value is -3.18. The molecule has 0 heterocycles. The van der Waals surface area contributed by atoms with Gasteiger partial charge in [-0.3, -0.25) is 14.9 Å². The highest BCUT2D eigenvalue weighted by atomic mass is 19.4. The molecule has 0 saturated heterocycles. The number of nitrogens with zero attached hydrogens (tertiary/aromatic N) is 2. The van der Waals surface area contributed by atoms with Gasteiger partial charge in [-0.15, -0.1) is 0 Å². The van der Waals surface area contributed by atoms with E-state index in [0.29, 0.717) is 12.1 Å². The van der Waals surface area contributed by atoms with Gasteiger partial charge >= 0.3 is 12.1 Å². The smallest absolute Gasteiger partial charge is 0.416 e. The summed E-state index contributed by atoms with van der Waals surface area (Å²) in [4.78, 5) is 32.8. The van der Waals surface area contributed by atoms with Gasteiger partial charge in [0.25, 0.3) is 17.3 Å². The molecule has 24 heavy (non-hydrogen) atoms. The Labute approximate surface area is 131 Å². The predicted molar refractivity (Wildman–Crippen MR) is 72.6 cm³/mol. The fourth-order valence-electron chi connectivity index (χ4n) is 1.52. The number of nitro benzene ring substituents is 1. The Balaban J connectivity index is 3.17. The van der Waals surface area contributed by atoms with Crippen molar-refractivity contribution < 1.29 is 37.6 Å². The van der Waals surface area contributed by atoms with Crippen molar-refractivity contribution in [1.82, 2.24) is 0 Å². The number of esters is 1. The van der Waals surface area contributed by atoms with Crippen molar-refractivity contribution in [1.29, 1.82) is 0 Å². The van der Waals surface area contributed by atoms with E-state index >= 15 is 0 Å². The summed E-state index contributed by atoms with van der Waals surface area (Å²) in [6.07, 6.45) is -4.82. The molecule has 0 atom stereocenters. The van der Waals surface area contributed by atoms with Gasteiger partial charge in [-0.1, -0.05) is 5.16 Å². The van der Waals surface area contributed by atoms with E-state index in [1.54, 1.807) is 0 Å². The molecule has 0 spiro atoms. The first-order valence-corrected chi connectivity index (χ1v) is 6.18. The number of nitrogens with one attached hydrogen (secondary N) is 1. The van der Waals surface area contributed by atoms with Crippen LogP contribution < -0.4 is 5.32 Å². The molecule has 1 rings (SSSR count). The number of oxime groups is 1. The molecule has 130 valence electrons. The number of ether oxygens (including phenoxy) is 1. The minimum Gasteiger partial charge on any atom is -0.461 e. The summed E-state index contributed by atoms with van der Waals surface area (Å²) in [6.45, 7) is 1.26. The van der Waals surface area contributed by atoms with Gasteiger partial charge in [0.15, 0.2) is 0 Å². The summed E-state index contributed by atoms with van der Waals surface area (Å²) in [7, 11) is 0. The van der Waals surface area contributed by atoms with Crippen LogP contribution in [-0.2, 0) is 20.5 Å². The maximum absolute atomic E-state index is 12.6. The molecule has 12 heteroatoms. The molecule has 1 aromatic carbocycles. The molecule has 0 bridgehead atoms. The molecule has 0 aliphatic heterocycles. The third kappa shape index (κ3) is 4.41. The van der Waals surface area contributed by atoms with Crippen LogP contribution in [0.5, 0.6) is 0 Å². The topological polar surface area (TPSA) is 131 Å². The maximum Gasteiger partial charge on any atom is 0.416 e. The van der Waals surface area contributed by atoms with E-state index in [2.05, 4.69) is 9.89 Å². The average Bonchev–Trinajstić information content (AvgIpc) is 2.47. The van der Waals surface area contributed by atoms with Gasteiger partial charge < -0.3 is 15.3 Å². The van der Waals surface area contributed by atoms with Crippen molar-refractivity contribution >= 4 is 29.0 Å². The molecule has 0 unspecified atom stereocenters. The lowest BCUT2D eigenvalue weighted by Crippen LogP contribution is -2.32. The zero-order valence-corrected chi connectivity index (χ0v) is 12.0. The lowest BCUT2D eigenvalue weighted by atomic mass is 10.1. The second-order valence-electron chi connectivity index (χ2n) is 4.11. The molecule has 1 aromatic rings. The highest BCUT2D eigenvalue weighted by molar-refractivity contribution is 6.65. The van der Waals surface area contributed by atoms with Gasteiger partial charge in [0, 0.05) is 6.07 Å². The Morgan fingerprint density at radius 2 is 2.04 bits per heavy atom. The summed E-state index contributed by atoms with van der Waals surface area (Å²) in [5.74, 6) is -2.70. The highest BCUT2D eigenvalue weighted by Gasteiger charge is 2.33. The molecule has 0 radical (unpaired) electrons. The zero-order valence-electron chi connectivity index (χ0n) is 12.0. The first kappa shape index (κ1) is 18.9. The molecule has 0 aliphatic rings. The Bertz CT molecular complexity index is 702. The zero-order chi connectivity index (χ0) is 18.5. The molecule has 0 saturated carbocycles. The number of rotatable bonds is 5. The summed E-state index contributed by atoms with van der Waals surface area (Å²) in [5, 5.41) is 23.8. The van der Waals surface area contributed by atoms with Gasteiger partial charge in [-0.05, 0) is 19.1 Å². The SMILES string of the molecule is CCOC(=O)/C(=N\O)C(=O)Nc1ccc(C(F)(F)F)cc1[N+](=O)[O-]. The quantitative estimate of drug-likeness (QED) is 0.209. The maximum atomic E-state index is 12.6. The molecule has 2 N–H and O–H groups in total. The first-order valence-electron chi connectivity index (χ1n) is 6.18. The third-order valence-electron chi connectivity index (χ3n) is 2.55. The van der Waals surface area contributed by atoms with Gasteiger partial charge in [0.1, 0.15) is 5.69 Å². The minimum absolute atomic E-state index is 0.147. The molecule has 0 fully saturated rings. The van der Waals surface area contributed by atoms with Crippen molar-refractivity contribution in [2.24, 2.45) is 5.16 Å². The number of amides is 1. The number of anilines is 1. The highest BCUT2D eigenvalue weighted by Crippen LogP contribution is 2.34. The number of carbonyl (C=O) groups is 2. The lowest BCUT2D eigenvalue weighted by molar-refractivity contribution is -0.384. The minimum atomic E-state index is -4.82. The van der Waals surface area contributed by atoms with Crippen LogP contribution in [0.1, 0.15) is 12.5 Å². The second-order valence-corrected chi connectivity index (χ2v) is 4.11. The summed E-state index contributed by atoms with van der Waals surface area (Å²) < 4.78 is 42.1. The monoisotopic (exact) mass is 349 g/mol. The van der Waals surface area contributed by atoms with Crippen molar-refractivity contribution in [3.63, 3.8) is 0 Å². The van der Waals surface area contributed by atoms with Crippen LogP contribution in [0.3, 0.4) is 0 Å². The fraction of sp³-hybridized carbons (Fsp3) is 0.250. The summed E-state index contributed by atoms with van der Waals surface area (Å²) in [6, 6.07) is 1.36. The van der Waals surface area contributed by atoms with E-state index in [4.69, 9.17) is 5.21 Å². The van der Waals surface area contributed by atoms with E-state index < -0.39 is 45.6 Å². The number of benzene rings is 1. The second kappa shape index (κ2) is 7.39. The predicted octanol–water partition coefficient (Wildman–Crippen LogP) is 1.95. The standard InChI is InChI=1S/C12H10F3N3O6/c1-2-24-11(20)9(17-21)10(19)16-7-4-3-6(12(13,14)15)5-8(7)18(22)23/h3-5,21H,2H2,1H3,(H,16,19)/b17-9-. The van der Waals surface area contributed by atoms with Crippen LogP contribution in [0.4, 0.5) is 24.5 Å². The van der Waals surface area contributed by atoms with Crippen LogP contribution >= 0.6 is 0 Å². The van der Waals surface area contributed by atoms with Crippen LogP contribution in [0.15, 0.2) is 23.4 Å². The summed E-state index contributed by atoms with van der Waals surface area (Å²) >= 11 is 0. The Morgan fingerprint density at radius 1 is 1.42 bits per heavy atom. The van der Waals surface area contributed by atoms with E-state index in [1.807, 2.05) is 5.32 Å². The van der Waals surface area contributed by atoms with Gasteiger partial charge in [-0.2, -0.15) is 13.2 Å². The molecule has 1 amide bonds. The first-order chi connectivity index (χ1) is 11.1. The Kier molecular flexibility index (Phi) is 5.81. The van der Waals surface area contributed by atoms with Crippen molar-refractivity contribution in [2.45, 2.75) is 13.1 Å². The Morgan fingerprint density at radius 3 is 2.50 bits per heavy atom. The number of halogens is 3. The average molecular weight is 349 g/mol. The number of hydrogen-bond donors (Lipinski definition) is 2. The van der Waals surface area contributed by atoms with Gasteiger partial charge in [0.05, 0.1) is 17.1 Å². The van der Waals surface area contributed by atoms with Crippen molar-refractivity contribution in [3.05, 3.63) is 33.9 Å². The molecular weight excluding hydrogens is 339 g/mol. The summed E-state index contributed by atoms with van der Waals surface area (Å²) in [5.41, 5.74) is -4.09. The van der Waals surface area contributed by atoms with E-state index in [9.17, 15) is 32.9 Å².